The number of aliphatic hydroxyl groups is 1. The molecule has 770 valence electrons. The van der Waals surface area contributed by atoms with Crippen molar-refractivity contribution in [3.8, 4) is 0 Å². The van der Waals surface area contributed by atoms with Crippen molar-refractivity contribution in [2.24, 2.45) is 51.8 Å². The molecule has 3 aliphatic rings. The number of amides is 21. The Morgan fingerprint density at radius 2 is 0.942 bits per heavy atom. The number of carboxylic acid groups (broad SMARTS) is 1. The van der Waals surface area contributed by atoms with Crippen LogP contribution in [0.5, 0.6) is 0 Å². The molecule has 0 spiro atoms. The molecular formula is C79H131N31O24S4. The summed E-state index contributed by atoms with van der Waals surface area (Å²) in [7, 11) is 2.86. The number of nitrogens with zero attached hydrogens (tertiary/aromatic N) is 2. The highest BCUT2D eigenvalue weighted by atomic mass is 33.1. The van der Waals surface area contributed by atoms with Crippen LogP contribution in [0.3, 0.4) is 0 Å². The fraction of sp³-hybridized carbons (Fsp3) is 0.658. The fourth-order valence-electron chi connectivity index (χ4n) is 13.7. The minimum absolute atomic E-state index is 0.0327. The zero-order valence-electron chi connectivity index (χ0n) is 77.1. The van der Waals surface area contributed by atoms with Crippen molar-refractivity contribution >= 4 is 185 Å². The minimum atomic E-state index is -2.01. The van der Waals surface area contributed by atoms with Gasteiger partial charge in [-0.3, -0.25) is 116 Å². The maximum Gasteiger partial charge on any atom is 0.303 e. The second kappa shape index (κ2) is 60.2. The van der Waals surface area contributed by atoms with E-state index in [2.05, 4.69) is 106 Å². The third-order valence-corrected chi connectivity index (χ3v) is 26.1. The Labute approximate surface area is 809 Å². The number of hydrogen-bond acceptors (Lipinski definition) is 32. The molecule has 3 saturated heterocycles. The third-order valence-electron chi connectivity index (χ3n) is 21.2. The van der Waals surface area contributed by atoms with Crippen LogP contribution in [0.1, 0.15) is 156 Å². The molecule has 2 bridgehead atoms. The number of H-pyrrole nitrogens is 1. The van der Waals surface area contributed by atoms with Crippen LogP contribution in [0.4, 0.5) is 0 Å². The lowest BCUT2D eigenvalue weighted by molar-refractivity contribution is -0.142. The summed E-state index contributed by atoms with van der Waals surface area (Å²) in [5.41, 5.74) is 46.2. The smallest absolute Gasteiger partial charge is 0.303 e. The number of nitrogens with two attached hydrogens (primary N) is 8. The molecule has 0 radical (unpaired) electrons. The first-order valence-corrected chi connectivity index (χ1v) is 49.3. The Kier molecular flexibility index (Phi) is 51.3. The van der Waals surface area contributed by atoms with E-state index in [-0.39, 0.29) is 90.4 Å². The molecule has 4 heterocycles. The summed E-state index contributed by atoms with van der Waals surface area (Å²) in [5.74, 6) is -29.2. The number of guanidine groups is 2. The van der Waals surface area contributed by atoms with Gasteiger partial charge in [-0.05, 0) is 124 Å². The van der Waals surface area contributed by atoms with Crippen LogP contribution in [0.2, 0.25) is 0 Å². The molecule has 0 saturated carbocycles. The molecule has 1 aromatic rings. The number of carboxylic acids is 1. The number of unbranched alkanes of at least 4 members (excludes halogenated alkanes) is 1. The predicted octanol–water partition coefficient (Wildman–Crippen LogP) is -12.3. The minimum Gasteiger partial charge on any atom is -0.481 e. The summed E-state index contributed by atoms with van der Waals surface area (Å²) in [5, 5.41) is 80.7. The maximum atomic E-state index is 15.4. The number of aliphatic hydroxyl groups excluding tert-OH is 1. The zero-order valence-corrected chi connectivity index (χ0v) is 80.4. The van der Waals surface area contributed by atoms with Crippen molar-refractivity contribution in [2.45, 2.75) is 272 Å². The Balaban J connectivity index is 2.11. The van der Waals surface area contributed by atoms with Crippen LogP contribution in [0, 0.1) is 16.7 Å². The molecule has 0 aliphatic carbocycles. The van der Waals surface area contributed by atoms with Gasteiger partial charge in [0.2, 0.25) is 124 Å². The van der Waals surface area contributed by atoms with E-state index in [0.717, 1.165) is 47.3 Å². The van der Waals surface area contributed by atoms with E-state index < -0.39 is 337 Å². The number of aromatic amines is 1. The summed E-state index contributed by atoms with van der Waals surface area (Å²) in [6.45, 7) is 7.48. The number of hydrogen-bond donors (Lipinski definition) is 31. The summed E-state index contributed by atoms with van der Waals surface area (Å²) >= 11 is 0. The number of imidazole rings is 1. The Bertz CT molecular complexity index is 4470. The van der Waals surface area contributed by atoms with E-state index in [4.69, 9.17) is 56.7 Å². The van der Waals surface area contributed by atoms with Gasteiger partial charge >= 0.3 is 5.97 Å². The summed E-state index contributed by atoms with van der Waals surface area (Å²) < 4.78 is 0. The van der Waals surface area contributed by atoms with Crippen LogP contribution in [-0.4, -0.2) is 331 Å². The lowest BCUT2D eigenvalue weighted by atomic mass is 10.0. The lowest BCUT2D eigenvalue weighted by Crippen LogP contribution is -2.61. The van der Waals surface area contributed by atoms with Crippen LogP contribution in [0.15, 0.2) is 12.5 Å². The monoisotopic (exact) mass is 2030 g/mol. The third kappa shape index (κ3) is 42.5. The molecule has 4 rings (SSSR count). The number of nitrogens with one attached hydrogen (secondary N) is 21. The second-order valence-corrected chi connectivity index (χ2v) is 38.4. The van der Waals surface area contributed by atoms with Gasteiger partial charge in [-0.2, -0.15) is 0 Å². The first kappa shape index (κ1) is 118. The molecule has 3 aliphatic heterocycles. The number of fused-ring (bicyclic) bond motifs is 12. The number of carbonyl (C=O) groups is 22. The van der Waals surface area contributed by atoms with Crippen molar-refractivity contribution in [3.63, 3.8) is 0 Å². The molecule has 55 nitrogen and oxygen atoms in total. The predicted molar refractivity (Wildman–Crippen MR) is 502 cm³/mol. The van der Waals surface area contributed by atoms with Crippen molar-refractivity contribution < 1.29 is 116 Å². The zero-order chi connectivity index (χ0) is 103. The Morgan fingerprint density at radius 3 is 1.46 bits per heavy atom. The van der Waals surface area contributed by atoms with Crippen LogP contribution in [0.25, 0.3) is 0 Å². The van der Waals surface area contributed by atoms with Gasteiger partial charge in [0.1, 0.15) is 103 Å². The largest absolute Gasteiger partial charge is 0.481 e. The average Bonchev–Trinajstić information content (AvgIpc) is 1.66. The second-order valence-electron chi connectivity index (χ2n) is 33.3. The summed E-state index contributed by atoms with van der Waals surface area (Å²) in [6, 6.07) is -31.5. The molecule has 3 fully saturated rings. The Morgan fingerprint density at radius 1 is 0.493 bits per heavy atom. The topological polar surface area (TPSA) is 920 Å². The number of carbonyl (C=O) groups excluding carboxylic acids is 21. The van der Waals surface area contributed by atoms with Crippen LogP contribution >= 0.6 is 43.2 Å². The van der Waals surface area contributed by atoms with Crippen LogP contribution < -0.4 is 142 Å². The Hall–Kier alpha value is -12.6. The van der Waals surface area contributed by atoms with E-state index in [9.17, 15) is 96.5 Å². The highest BCUT2D eigenvalue weighted by Crippen LogP contribution is 2.27. The van der Waals surface area contributed by atoms with Gasteiger partial charge < -0.3 is 162 Å². The van der Waals surface area contributed by atoms with E-state index in [1.54, 1.807) is 13.8 Å². The van der Waals surface area contributed by atoms with Gasteiger partial charge in [0.15, 0.2) is 11.9 Å². The summed E-state index contributed by atoms with van der Waals surface area (Å²) in [6.07, 6.45) is -5.57. The lowest BCUT2D eigenvalue weighted by Gasteiger charge is -2.30. The van der Waals surface area contributed by atoms with Crippen molar-refractivity contribution in [1.82, 2.24) is 111 Å². The standard InChI is InChI=1S/C79H131N31O24S4/c1-35(2)26-49-70(127)107-51-31-136-135-30-41(81)63(120)105-50(28-57(84)114)71(128)108-53(73(130)99-42(12-7-8-22-80)64(121)96-38(5)77(134)110-25-11-15-54(110)75(132)102-47(18-21-58(115)116)69(126)109-59(39(6)111)76(133)95-37(4)62(119)104-49)33-138-137-32-52(106-66(123)44(14-10-24-92-79(88)89)98-65(122)43(13-9-23-91-78(86)87)97-61(118)36(3)94-72(51)129)74(131)101-45(16-19-55(82)112)67(124)100-46(17-20-56(83)113)68(125)103-48(60(85)117)27-40-29-90-34-93-40/h29,34-39,41-54,59,111H,7-28,30-33,80-81H2,1-6H3,(H2,82,112)(H2,83,113)(H2,84,114)(H2,85,117)(H,90,93)(H,94,129)(H,95,133)(H,96,121)(H,97,118)(H,98,122)(H,99,130)(H,100,124)(H,101,131)(H,102,132)(H,103,125)(H,104,119)(H,105,120)(H,106,123)(H,107,127)(H,108,128)(H,109,126)(H,115,116)(H4,86,87,91)(H4,88,89,92)/t36-,37-,38-,39+,41+,42-,43-,44-,45-,46-,47-,48-,49-,50-,51-,52-,53+,54-,59-/m0/s1. The first-order chi connectivity index (χ1) is 65.0. The quantitative estimate of drug-likeness (QED) is 0.0130. The molecule has 21 amide bonds. The number of rotatable bonds is 35. The number of aromatic nitrogens is 2. The molecule has 0 aromatic carbocycles. The highest BCUT2D eigenvalue weighted by Gasteiger charge is 2.43. The van der Waals surface area contributed by atoms with Crippen LogP contribution in [-0.2, 0) is 112 Å². The van der Waals surface area contributed by atoms with Gasteiger partial charge in [0.05, 0.1) is 24.9 Å². The molecular weight excluding hydrogens is 1900 g/mol. The van der Waals surface area contributed by atoms with E-state index in [1.807, 2.05) is 0 Å². The maximum absolute atomic E-state index is 15.4. The SMILES string of the molecule is CC(C)C[C@@H]1NC(=O)[C@H](C)NC(=O)[C@H]([C@@H](C)O)NC(=O)[C@H](CCC(=O)O)NC(=O)[C@@H]2CCCN2C(=O)[C@H](C)NC(=O)[C@H](CCCCN)NC(=O)[C@H]2CSSC[C@@H](C(=O)N[C@@H](CCC(N)=O)C(=O)N[C@@H](CCC(N)=O)C(=O)N[C@@H](Cc3cnc[nH]3)C(N)=O)NC(=O)[C@H](CCCNC(=N)N)NC(=O)[C@H](CCCNC(=N)N)NC(=O)[C@H](C)NC(=O)[C@H](CSSC[C@@H](N)C(=O)N[C@@H](CC(N)=O)C(=O)N2)NC1=O. The normalized spacial score (nSPS) is 25.1. The molecule has 59 heteroatoms. The van der Waals surface area contributed by atoms with E-state index in [0.29, 0.717) is 27.3 Å². The summed E-state index contributed by atoms with van der Waals surface area (Å²) in [4.78, 5) is 320. The number of aliphatic carboxylic acids is 1. The van der Waals surface area contributed by atoms with Gasteiger partial charge in [0, 0.05) is 80.2 Å². The molecule has 39 N–H and O–H groups in total. The highest BCUT2D eigenvalue weighted by molar-refractivity contribution is 8.77. The molecule has 138 heavy (non-hydrogen) atoms. The van der Waals surface area contributed by atoms with Crippen molar-refractivity contribution in [1.29, 1.82) is 10.8 Å². The average molecular weight is 2030 g/mol. The molecule has 0 unspecified atom stereocenters. The van der Waals surface area contributed by atoms with Gasteiger partial charge in [0.25, 0.3) is 0 Å². The first-order valence-electron chi connectivity index (χ1n) is 44.3. The van der Waals surface area contributed by atoms with Gasteiger partial charge in [-0.15, -0.1) is 0 Å². The van der Waals surface area contributed by atoms with Crippen molar-refractivity contribution in [3.05, 3.63) is 18.2 Å². The fourth-order valence-corrected chi connectivity index (χ4v) is 18.3. The van der Waals surface area contributed by atoms with E-state index >= 15 is 19.2 Å². The van der Waals surface area contributed by atoms with Gasteiger partial charge in [-0.1, -0.05) is 57.0 Å². The van der Waals surface area contributed by atoms with E-state index in [1.165, 1.54) is 19.4 Å². The number of primary amides is 4. The molecule has 1 aromatic heterocycles. The molecule has 19 atom stereocenters. The van der Waals surface area contributed by atoms with Crippen molar-refractivity contribution in [2.75, 3.05) is 49.2 Å². The van der Waals surface area contributed by atoms with Gasteiger partial charge in [-0.25, -0.2) is 4.98 Å².